The van der Waals surface area contributed by atoms with E-state index in [0.717, 1.165) is 0 Å². The maximum atomic E-state index is 12.0. The van der Waals surface area contributed by atoms with E-state index in [4.69, 9.17) is 0 Å². The first-order valence-corrected chi connectivity index (χ1v) is 2.89. The van der Waals surface area contributed by atoms with Gasteiger partial charge in [0.2, 0.25) is 5.78 Å². The minimum absolute atomic E-state index is 0.0243. The van der Waals surface area contributed by atoms with E-state index in [-0.39, 0.29) is 6.42 Å². The van der Waals surface area contributed by atoms with E-state index in [1.54, 1.807) is 6.92 Å². The first kappa shape index (κ1) is 8.53. The van der Waals surface area contributed by atoms with Gasteiger partial charge in [0.25, 0.3) is 0 Å². The van der Waals surface area contributed by atoms with Gasteiger partial charge in [-0.3, -0.25) is 4.79 Å². The highest BCUT2D eigenvalue weighted by Crippen LogP contribution is 2.15. The third kappa shape index (κ3) is 3.16. The molecule has 54 valence electrons. The zero-order chi connectivity index (χ0) is 7.49. The summed E-state index contributed by atoms with van der Waals surface area (Å²) in [4.78, 5) is 10.3. The average molecular weight is 136 g/mol. The van der Waals surface area contributed by atoms with Crippen molar-refractivity contribution < 1.29 is 13.6 Å². The van der Waals surface area contributed by atoms with Crippen molar-refractivity contribution in [3.05, 3.63) is 0 Å². The van der Waals surface area contributed by atoms with E-state index in [0.29, 0.717) is 13.3 Å². The van der Waals surface area contributed by atoms with Crippen molar-refractivity contribution in [2.45, 2.75) is 32.6 Å². The Labute approximate surface area is 53.1 Å². The standard InChI is InChI=1S/C6H10F2O/c1-3-4-5(9)6(2,7)8/h3-4H2,1-2H3. The Morgan fingerprint density at radius 1 is 1.56 bits per heavy atom. The van der Waals surface area contributed by atoms with E-state index in [2.05, 4.69) is 0 Å². The fourth-order valence-corrected chi connectivity index (χ4v) is 0.447. The Morgan fingerprint density at radius 2 is 2.00 bits per heavy atom. The number of alkyl halides is 2. The second-order valence-electron chi connectivity index (χ2n) is 2.06. The van der Waals surface area contributed by atoms with Crippen LogP contribution in [-0.4, -0.2) is 11.7 Å². The molecule has 0 aromatic rings. The van der Waals surface area contributed by atoms with Crippen molar-refractivity contribution >= 4 is 5.78 Å². The fourth-order valence-electron chi connectivity index (χ4n) is 0.447. The molecule has 1 nitrogen and oxygen atoms in total. The Morgan fingerprint density at radius 3 is 2.11 bits per heavy atom. The van der Waals surface area contributed by atoms with Crippen molar-refractivity contribution in [3.8, 4) is 0 Å². The van der Waals surface area contributed by atoms with Crippen LogP contribution in [0.15, 0.2) is 0 Å². The number of carbonyl (C=O) groups is 1. The zero-order valence-electron chi connectivity index (χ0n) is 5.58. The molecule has 9 heavy (non-hydrogen) atoms. The highest BCUT2D eigenvalue weighted by molar-refractivity contribution is 5.84. The van der Waals surface area contributed by atoms with Crippen LogP contribution in [0, 0.1) is 0 Å². The molecule has 0 aromatic heterocycles. The molecule has 0 N–H and O–H groups in total. The van der Waals surface area contributed by atoms with Gasteiger partial charge in [-0.05, 0) is 6.42 Å². The predicted molar refractivity (Wildman–Crippen MR) is 30.5 cm³/mol. The summed E-state index contributed by atoms with van der Waals surface area (Å²) in [5.74, 6) is -4.10. The number of hydrogen-bond acceptors (Lipinski definition) is 1. The van der Waals surface area contributed by atoms with E-state index in [9.17, 15) is 13.6 Å². The zero-order valence-corrected chi connectivity index (χ0v) is 5.58. The summed E-state index contributed by atoms with van der Waals surface area (Å²) < 4.78 is 23.9. The van der Waals surface area contributed by atoms with Gasteiger partial charge in [0.15, 0.2) is 0 Å². The van der Waals surface area contributed by atoms with E-state index < -0.39 is 11.7 Å². The van der Waals surface area contributed by atoms with Crippen LogP contribution in [0.4, 0.5) is 8.78 Å². The van der Waals surface area contributed by atoms with Gasteiger partial charge >= 0.3 is 5.92 Å². The molecular formula is C6H10F2O. The quantitative estimate of drug-likeness (QED) is 0.580. The highest BCUT2D eigenvalue weighted by Gasteiger charge is 2.30. The molecule has 0 aliphatic heterocycles. The largest absolute Gasteiger partial charge is 0.302 e. The van der Waals surface area contributed by atoms with Crippen LogP contribution in [0.1, 0.15) is 26.7 Å². The van der Waals surface area contributed by atoms with Crippen molar-refractivity contribution in [1.82, 2.24) is 0 Å². The van der Waals surface area contributed by atoms with Crippen LogP contribution >= 0.6 is 0 Å². The molecule has 0 rings (SSSR count). The molecule has 0 saturated heterocycles. The topological polar surface area (TPSA) is 17.1 Å². The summed E-state index contributed by atoms with van der Waals surface area (Å²) in [5, 5.41) is 0. The lowest BCUT2D eigenvalue weighted by atomic mass is 10.1. The fraction of sp³-hybridized carbons (Fsp3) is 0.833. The van der Waals surface area contributed by atoms with Crippen LogP contribution in [0.5, 0.6) is 0 Å². The number of carbonyl (C=O) groups excluding carboxylic acids is 1. The van der Waals surface area contributed by atoms with E-state index in [1.165, 1.54) is 0 Å². The third-order valence-corrected chi connectivity index (χ3v) is 0.967. The van der Waals surface area contributed by atoms with Crippen molar-refractivity contribution in [1.29, 1.82) is 0 Å². The van der Waals surface area contributed by atoms with Gasteiger partial charge in [0, 0.05) is 13.3 Å². The van der Waals surface area contributed by atoms with Gasteiger partial charge in [-0.15, -0.1) is 0 Å². The highest BCUT2D eigenvalue weighted by atomic mass is 19.3. The minimum atomic E-state index is -3.13. The Kier molecular flexibility index (Phi) is 2.74. The van der Waals surface area contributed by atoms with Gasteiger partial charge in [-0.1, -0.05) is 6.92 Å². The van der Waals surface area contributed by atoms with E-state index >= 15 is 0 Å². The molecule has 0 aliphatic rings. The van der Waals surface area contributed by atoms with Gasteiger partial charge in [-0.2, -0.15) is 8.78 Å². The first-order chi connectivity index (χ1) is 3.98. The summed E-state index contributed by atoms with van der Waals surface area (Å²) >= 11 is 0. The molecule has 0 bridgehead atoms. The Bertz CT molecular complexity index is 104. The molecule has 0 atom stereocenters. The second kappa shape index (κ2) is 2.90. The van der Waals surface area contributed by atoms with Crippen LogP contribution in [0.25, 0.3) is 0 Å². The molecule has 3 heteroatoms. The smallest absolute Gasteiger partial charge is 0.293 e. The normalized spacial score (nSPS) is 11.6. The van der Waals surface area contributed by atoms with E-state index in [1.807, 2.05) is 0 Å². The summed E-state index contributed by atoms with van der Waals surface area (Å²) in [6, 6.07) is 0. The molecule has 0 aromatic carbocycles. The lowest BCUT2D eigenvalue weighted by Gasteiger charge is -2.05. The predicted octanol–water partition coefficient (Wildman–Crippen LogP) is 2.01. The molecule has 0 aliphatic carbocycles. The SMILES string of the molecule is CCCC(=O)C(C)(F)F. The van der Waals surface area contributed by atoms with Gasteiger partial charge in [0.05, 0.1) is 0 Å². The number of rotatable bonds is 3. The molecule has 0 saturated carbocycles. The van der Waals surface area contributed by atoms with Gasteiger partial charge < -0.3 is 0 Å². The lowest BCUT2D eigenvalue weighted by Crippen LogP contribution is -2.23. The molecule has 0 fully saturated rings. The van der Waals surface area contributed by atoms with Crippen molar-refractivity contribution in [2.75, 3.05) is 0 Å². The lowest BCUT2D eigenvalue weighted by molar-refractivity contribution is -0.140. The molecule has 0 spiro atoms. The summed E-state index contributed by atoms with van der Waals surface area (Å²) in [5.41, 5.74) is 0. The van der Waals surface area contributed by atoms with Gasteiger partial charge in [0.1, 0.15) is 0 Å². The summed E-state index contributed by atoms with van der Waals surface area (Å²) in [6.45, 7) is 2.33. The average Bonchev–Trinajstić information content (AvgIpc) is 1.64. The Hall–Kier alpha value is -0.470. The maximum Gasteiger partial charge on any atom is 0.302 e. The monoisotopic (exact) mass is 136 g/mol. The molecular weight excluding hydrogens is 126 g/mol. The summed E-state index contributed by atoms with van der Waals surface area (Å²) in [6.07, 6.45) is 0.464. The molecule has 0 unspecified atom stereocenters. The first-order valence-electron chi connectivity index (χ1n) is 2.89. The second-order valence-corrected chi connectivity index (χ2v) is 2.06. The molecule has 0 radical (unpaired) electrons. The number of halogens is 2. The maximum absolute atomic E-state index is 12.0. The third-order valence-electron chi connectivity index (χ3n) is 0.967. The van der Waals surface area contributed by atoms with Crippen molar-refractivity contribution in [2.24, 2.45) is 0 Å². The summed E-state index contributed by atoms with van der Waals surface area (Å²) in [7, 11) is 0. The molecule has 0 heterocycles. The van der Waals surface area contributed by atoms with Gasteiger partial charge in [-0.25, -0.2) is 0 Å². The molecule has 0 amide bonds. The number of Topliss-reactive ketones (excluding diaryl/α,β-unsaturated/α-hetero) is 1. The van der Waals surface area contributed by atoms with Crippen LogP contribution < -0.4 is 0 Å². The number of ketones is 1. The van der Waals surface area contributed by atoms with Crippen LogP contribution in [0.3, 0.4) is 0 Å². The Balaban J connectivity index is 3.74. The van der Waals surface area contributed by atoms with Crippen LogP contribution in [0.2, 0.25) is 0 Å². The van der Waals surface area contributed by atoms with Crippen molar-refractivity contribution in [3.63, 3.8) is 0 Å². The van der Waals surface area contributed by atoms with Crippen LogP contribution in [-0.2, 0) is 4.79 Å². The number of hydrogen-bond donors (Lipinski definition) is 0. The minimum Gasteiger partial charge on any atom is -0.293 e.